The molecule has 6 heteroatoms. The molecule has 0 atom stereocenters. The summed E-state index contributed by atoms with van der Waals surface area (Å²) in [4.78, 5) is 3.64. The zero-order chi connectivity index (χ0) is 15.5. The van der Waals surface area contributed by atoms with Crippen molar-refractivity contribution in [2.45, 2.75) is 51.3 Å². The number of nitrogens with one attached hydrogen (secondary N) is 1. The Balaban J connectivity index is 2.11. The Labute approximate surface area is 122 Å². The molecule has 0 saturated heterocycles. The van der Waals surface area contributed by atoms with E-state index in [-0.39, 0.29) is 12.0 Å². The molecule has 0 bridgehead atoms. The number of anilines is 1. The monoisotopic (exact) mass is 302 g/mol. The van der Waals surface area contributed by atoms with E-state index in [1.54, 1.807) is 7.05 Å². The van der Waals surface area contributed by atoms with Crippen molar-refractivity contribution in [2.75, 3.05) is 12.4 Å². The summed E-state index contributed by atoms with van der Waals surface area (Å²) in [5.74, 6) is 0.760. The Morgan fingerprint density at radius 1 is 1.24 bits per heavy atom. The van der Waals surface area contributed by atoms with Gasteiger partial charge in [-0.15, -0.1) is 0 Å². The normalized spacial score (nSPS) is 22.9. The highest BCUT2D eigenvalue weighted by Gasteiger charge is 2.33. The second-order valence-electron chi connectivity index (χ2n) is 5.47. The fourth-order valence-corrected chi connectivity index (χ4v) is 2.69. The van der Waals surface area contributed by atoms with Gasteiger partial charge in [-0.3, -0.25) is 0 Å². The van der Waals surface area contributed by atoms with Crippen LogP contribution in [-0.4, -0.2) is 18.1 Å². The van der Waals surface area contributed by atoms with E-state index < -0.39 is 11.9 Å². The molecular formula is C15H21F3N2O. The van der Waals surface area contributed by atoms with Crippen LogP contribution in [0.3, 0.4) is 0 Å². The molecule has 21 heavy (non-hydrogen) atoms. The third-order valence-electron chi connectivity index (χ3n) is 4.07. The van der Waals surface area contributed by atoms with E-state index in [0.717, 1.165) is 38.2 Å². The first-order chi connectivity index (χ1) is 9.94. The molecule has 3 nitrogen and oxygen atoms in total. The highest BCUT2D eigenvalue weighted by atomic mass is 19.4. The maximum Gasteiger partial charge on any atom is 0.433 e. The van der Waals surface area contributed by atoms with Crippen LogP contribution in [0.15, 0.2) is 12.1 Å². The number of alkyl halides is 3. The fourth-order valence-electron chi connectivity index (χ4n) is 2.69. The van der Waals surface area contributed by atoms with Gasteiger partial charge in [0.25, 0.3) is 0 Å². The van der Waals surface area contributed by atoms with Crippen molar-refractivity contribution in [1.29, 1.82) is 0 Å². The summed E-state index contributed by atoms with van der Waals surface area (Å²) >= 11 is 0. The third-order valence-corrected chi connectivity index (χ3v) is 4.07. The summed E-state index contributed by atoms with van der Waals surface area (Å²) in [6, 6.07) is 2.33. The van der Waals surface area contributed by atoms with Crippen LogP contribution in [0.1, 0.15) is 44.7 Å². The number of rotatable bonds is 4. The van der Waals surface area contributed by atoms with Crippen LogP contribution in [0.2, 0.25) is 0 Å². The lowest BCUT2D eigenvalue weighted by atomic mass is 9.86. The summed E-state index contributed by atoms with van der Waals surface area (Å²) in [6.45, 7) is 2.17. The number of hydrogen-bond acceptors (Lipinski definition) is 3. The Hall–Kier alpha value is -1.46. The minimum Gasteiger partial charge on any atom is -0.473 e. The standard InChI is InChI=1S/C15H21F3N2O/c1-3-10-4-6-11(7-5-10)21-14-12(19-2)8-9-13(20-14)15(16,17)18/h8-11,19H,3-7H2,1-2H3. The number of aromatic nitrogens is 1. The first kappa shape index (κ1) is 15.9. The number of ether oxygens (including phenoxy) is 1. The second-order valence-corrected chi connectivity index (χ2v) is 5.47. The lowest BCUT2D eigenvalue weighted by molar-refractivity contribution is -0.141. The van der Waals surface area contributed by atoms with Gasteiger partial charge in [0, 0.05) is 7.05 Å². The van der Waals surface area contributed by atoms with Crippen LogP contribution >= 0.6 is 0 Å². The van der Waals surface area contributed by atoms with Crippen molar-refractivity contribution in [1.82, 2.24) is 4.98 Å². The topological polar surface area (TPSA) is 34.1 Å². The molecule has 2 rings (SSSR count). The van der Waals surface area contributed by atoms with Crippen molar-refractivity contribution in [3.8, 4) is 5.88 Å². The highest BCUT2D eigenvalue weighted by Crippen LogP contribution is 2.34. The van der Waals surface area contributed by atoms with Gasteiger partial charge in [-0.05, 0) is 43.7 Å². The minimum absolute atomic E-state index is 0.0455. The molecule has 1 N–H and O–H groups in total. The molecule has 1 aliphatic rings. The summed E-state index contributed by atoms with van der Waals surface area (Å²) in [6.07, 6.45) is 0.528. The van der Waals surface area contributed by atoms with Gasteiger partial charge in [0.1, 0.15) is 11.8 Å². The van der Waals surface area contributed by atoms with Crippen LogP contribution < -0.4 is 10.1 Å². The van der Waals surface area contributed by atoms with Crippen molar-refractivity contribution in [3.05, 3.63) is 17.8 Å². The molecule has 0 unspecified atom stereocenters. The van der Waals surface area contributed by atoms with Crippen LogP contribution in [-0.2, 0) is 6.18 Å². The van der Waals surface area contributed by atoms with Gasteiger partial charge >= 0.3 is 6.18 Å². The predicted octanol–water partition coefficient (Wildman–Crippen LogP) is 4.49. The van der Waals surface area contributed by atoms with Crippen molar-refractivity contribution in [3.63, 3.8) is 0 Å². The van der Waals surface area contributed by atoms with Gasteiger partial charge in [0.15, 0.2) is 0 Å². The molecule has 0 aliphatic heterocycles. The van der Waals surface area contributed by atoms with E-state index in [4.69, 9.17) is 4.74 Å². The SMILES string of the molecule is CCC1CCC(Oc2nc(C(F)(F)F)ccc2NC)CC1. The van der Waals surface area contributed by atoms with E-state index in [9.17, 15) is 13.2 Å². The number of nitrogens with zero attached hydrogens (tertiary/aromatic N) is 1. The summed E-state index contributed by atoms with van der Waals surface area (Å²) in [7, 11) is 1.64. The van der Waals surface area contributed by atoms with Gasteiger partial charge in [0.05, 0.1) is 5.69 Å². The van der Waals surface area contributed by atoms with Crippen molar-refractivity contribution in [2.24, 2.45) is 5.92 Å². The van der Waals surface area contributed by atoms with E-state index in [2.05, 4.69) is 17.2 Å². The summed E-state index contributed by atoms with van der Waals surface area (Å²) < 4.78 is 44.0. The largest absolute Gasteiger partial charge is 0.473 e. The smallest absolute Gasteiger partial charge is 0.433 e. The Morgan fingerprint density at radius 3 is 2.43 bits per heavy atom. The van der Waals surface area contributed by atoms with Crippen LogP contribution in [0.4, 0.5) is 18.9 Å². The average molecular weight is 302 g/mol. The lowest BCUT2D eigenvalue weighted by Crippen LogP contribution is -2.25. The van der Waals surface area contributed by atoms with E-state index in [1.807, 2.05) is 0 Å². The van der Waals surface area contributed by atoms with Gasteiger partial charge < -0.3 is 10.1 Å². The van der Waals surface area contributed by atoms with E-state index in [1.165, 1.54) is 6.07 Å². The maximum absolute atomic E-state index is 12.7. The summed E-state index contributed by atoms with van der Waals surface area (Å²) in [5, 5.41) is 2.83. The molecule has 1 saturated carbocycles. The molecule has 1 aliphatic carbocycles. The van der Waals surface area contributed by atoms with Crippen molar-refractivity contribution >= 4 is 5.69 Å². The predicted molar refractivity (Wildman–Crippen MR) is 75.5 cm³/mol. The fraction of sp³-hybridized carbons (Fsp3) is 0.667. The summed E-state index contributed by atoms with van der Waals surface area (Å²) in [5.41, 5.74) is -0.431. The zero-order valence-corrected chi connectivity index (χ0v) is 12.3. The third kappa shape index (κ3) is 4.02. The second kappa shape index (κ2) is 6.54. The molecule has 0 amide bonds. The zero-order valence-electron chi connectivity index (χ0n) is 12.3. The van der Waals surface area contributed by atoms with Gasteiger partial charge in [0.2, 0.25) is 5.88 Å². The Morgan fingerprint density at radius 2 is 1.90 bits per heavy atom. The minimum atomic E-state index is -4.45. The number of pyridine rings is 1. The van der Waals surface area contributed by atoms with Crippen molar-refractivity contribution < 1.29 is 17.9 Å². The highest BCUT2D eigenvalue weighted by molar-refractivity contribution is 5.52. The Kier molecular flexibility index (Phi) is 4.96. The molecule has 1 heterocycles. The van der Waals surface area contributed by atoms with Gasteiger partial charge in [-0.25, -0.2) is 4.98 Å². The average Bonchev–Trinajstić information content (AvgIpc) is 2.47. The quantitative estimate of drug-likeness (QED) is 0.890. The van der Waals surface area contributed by atoms with Crippen LogP contribution in [0, 0.1) is 5.92 Å². The molecule has 1 aromatic heterocycles. The molecular weight excluding hydrogens is 281 g/mol. The molecule has 118 valence electrons. The van der Waals surface area contributed by atoms with Crippen LogP contribution in [0.25, 0.3) is 0 Å². The number of halogens is 3. The van der Waals surface area contributed by atoms with E-state index >= 15 is 0 Å². The first-order valence-electron chi connectivity index (χ1n) is 7.36. The molecule has 0 spiro atoms. The molecule has 0 aromatic carbocycles. The van der Waals surface area contributed by atoms with Crippen LogP contribution in [0.5, 0.6) is 5.88 Å². The number of hydrogen-bond donors (Lipinski definition) is 1. The van der Waals surface area contributed by atoms with Gasteiger partial charge in [-0.2, -0.15) is 13.2 Å². The van der Waals surface area contributed by atoms with E-state index in [0.29, 0.717) is 11.6 Å². The molecule has 1 aromatic rings. The molecule has 1 fully saturated rings. The first-order valence-corrected chi connectivity index (χ1v) is 7.36. The maximum atomic E-state index is 12.7. The molecule has 0 radical (unpaired) electrons. The Bertz CT molecular complexity index is 468. The van der Waals surface area contributed by atoms with Gasteiger partial charge in [-0.1, -0.05) is 13.3 Å². The lowest BCUT2D eigenvalue weighted by Gasteiger charge is -2.28.